The molecule has 1 saturated carbocycles. The van der Waals surface area contributed by atoms with E-state index in [0.717, 1.165) is 39.9 Å². The first-order chi connectivity index (χ1) is 16.7. The molecule has 0 saturated heterocycles. The highest BCUT2D eigenvalue weighted by Crippen LogP contribution is 2.22. The number of amides is 2. The van der Waals surface area contributed by atoms with E-state index in [1.54, 1.807) is 30.3 Å². The average Bonchev–Trinajstić information content (AvgIpc) is 3.36. The normalized spacial score (nSPS) is 15.1. The molecule has 1 fully saturated rings. The zero-order valence-corrected chi connectivity index (χ0v) is 21.6. The smallest absolute Gasteiger partial charge is 0.304 e. The molecule has 1 atom stereocenters. The monoisotopic (exact) mass is 500 g/mol. The predicted molar refractivity (Wildman–Crippen MR) is 138 cm³/mol. The molecule has 0 spiro atoms. The number of carbonyl (C=O) groups excluding carboxylic acids is 2. The fourth-order valence-electron chi connectivity index (χ4n) is 4.38. The highest BCUT2D eigenvalue weighted by Gasteiger charge is 2.34. The largest absolute Gasteiger partial charge is 0.352 e. The Balaban J connectivity index is 1.92. The number of rotatable bonds is 11. The summed E-state index contributed by atoms with van der Waals surface area (Å²) in [6, 6.07) is 17.4. The molecule has 1 aliphatic carbocycles. The Labute approximate surface area is 209 Å². The third-order valence-corrected chi connectivity index (χ3v) is 8.17. The molecular weight excluding hydrogens is 464 g/mol. The van der Waals surface area contributed by atoms with Crippen LogP contribution in [0.1, 0.15) is 44.6 Å². The van der Waals surface area contributed by atoms with Gasteiger partial charge in [0.2, 0.25) is 11.8 Å². The van der Waals surface area contributed by atoms with Crippen molar-refractivity contribution < 1.29 is 18.0 Å². The van der Waals surface area contributed by atoms with Crippen LogP contribution in [-0.2, 0) is 26.3 Å². The second-order valence-corrected chi connectivity index (χ2v) is 11.1. The van der Waals surface area contributed by atoms with Gasteiger partial charge in [0.05, 0.1) is 5.69 Å². The van der Waals surface area contributed by atoms with Gasteiger partial charge in [-0.15, -0.1) is 0 Å². The van der Waals surface area contributed by atoms with Gasteiger partial charge in [0.25, 0.3) is 0 Å². The first kappa shape index (κ1) is 26.7. The summed E-state index contributed by atoms with van der Waals surface area (Å²) in [5.41, 5.74) is 1.26. The molecule has 3 rings (SSSR count). The standard InChI is InChI=1S/C26H36N4O4S/c1-4-24(26(32)27-22-15-11-12-16-22)29(19-21-13-7-5-8-14-21)25(31)20-30(35(33,34)28(2)3)23-17-9-6-10-18-23/h5-10,13-14,17-18,22,24H,4,11-12,15-16,19-20H2,1-3H3,(H,27,32). The van der Waals surface area contributed by atoms with Crippen molar-refractivity contribution in [3.05, 3.63) is 66.2 Å². The van der Waals surface area contributed by atoms with E-state index >= 15 is 0 Å². The highest BCUT2D eigenvalue weighted by molar-refractivity contribution is 7.90. The van der Waals surface area contributed by atoms with E-state index in [0.29, 0.717) is 12.1 Å². The van der Waals surface area contributed by atoms with Crippen molar-refractivity contribution in [3.63, 3.8) is 0 Å². The minimum Gasteiger partial charge on any atom is -0.352 e. The highest BCUT2D eigenvalue weighted by atomic mass is 32.2. The molecule has 2 aromatic rings. The summed E-state index contributed by atoms with van der Waals surface area (Å²) in [6.45, 7) is 1.67. The molecule has 0 aliphatic heterocycles. The van der Waals surface area contributed by atoms with Gasteiger partial charge in [-0.1, -0.05) is 68.3 Å². The van der Waals surface area contributed by atoms with Gasteiger partial charge in [-0.25, -0.2) is 4.31 Å². The van der Waals surface area contributed by atoms with E-state index in [-0.39, 0.29) is 18.5 Å². The number of hydrogen-bond acceptors (Lipinski definition) is 4. The van der Waals surface area contributed by atoms with E-state index in [4.69, 9.17) is 0 Å². The SMILES string of the molecule is CCC(C(=O)NC1CCCC1)N(Cc1ccccc1)C(=O)CN(c1ccccc1)S(=O)(=O)N(C)C. The predicted octanol–water partition coefficient (Wildman–Crippen LogP) is 3.17. The number of para-hydroxylation sites is 1. The molecule has 1 aliphatic rings. The first-order valence-electron chi connectivity index (χ1n) is 12.1. The molecule has 0 heterocycles. The Morgan fingerprint density at radius 3 is 2.09 bits per heavy atom. The van der Waals surface area contributed by atoms with E-state index in [1.807, 2.05) is 37.3 Å². The maximum atomic E-state index is 13.8. The van der Waals surface area contributed by atoms with E-state index in [9.17, 15) is 18.0 Å². The number of hydrogen-bond donors (Lipinski definition) is 1. The summed E-state index contributed by atoms with van der Waals surface area (Å²) in [6.07, 6.45) is 4.48. The number of benzene rings is 2. The van der Waals surface area contributed by atoms with E-state index in [2.05, 4.69) is 5.32 Å². The van der Waals surface area contributed by atoms with Crippen molar-refractivity contribution in [2.75, 3.05) is 24.9 Å². The Kier molecular flexibility index (Phi) is 9.28. The number of carbonyl (C=O) groups is 2. The molecule has 2 aromatic carbocycles. The van der Waals surface area contributed by atoms with Crippen LogP contribution in [0.4, 0.5) is 5.69 Å². The van der Waals surface area contributed by atoms with Gasteiger partial charge in [0.1, 0.15) is 12.6 Å². The summed E-state index contributed by atoms with van der Waals surface area (Å²) in [5, 5.41) is 3.11. The number of anilines is 1. The lowest BCUT2D eigenvalue weighted by molar-refractivity contribution is -0.140. The minimum atomic E-state index is -3.95. The van der Waals surface area contributed by atoms with Gasteiger partial charge in [-0.3, -0.25) is 9.59 Å². The quantitative estimate of drug-likeness (QED) is 0.513. The van der Waals surface area contributed by atoms with Crippen LogP contribution in [0.2, 0.25) is 0 Å². The van der Waals surface area contributed by atoms with Crippen LogP contribution in [0.25, 0.3) is 0 Å². The second kappa shape index (κ2) is 12.2. The second-order valence-electron chi connectivity index (χ2n) is 9.05. The van der Waals surface area contributed by atoms with Crippen LogP contribution in [0, 0.1) is 0 Å². The average molecular weight is 501 g/mol. The molecule has 0 radical (unpaired) electrons. The summed E-state index contributed by atoms with van der Waals surface area (Å²) >= 11 is 0. The number of nitrogens with zero attached hydrogens (tertiary/aromatic N) is 3. The van der Waals surface area contributed by atoms with Crippen molar-refractivity contribution in [2.45, 2.75) is 57.7 Å². The van der Waals surface area contributed by atoms with Crippen LogP contribution in [-0.4, -0.2) is 62.2 Å². The summed E-state index contributed by atoms with van der Waals surface area (Å²) < 4.78 is 28.5. The first-order valence-corrected chi connectivity index (χ1v) is 13.5. The van der Waals surface area contributed by atoms with Gasteiger partial charge >= 0.3 is 10.2 Å². The molecule has 0 aromatic heterocycles. The lowest BCUT2D eigenvalue weighted by Gasteiger charge is -2.34. The molecule has 1 unspecified atom stereocenters. The van der Waals surface area contributed by atoms with Gasteiger partial charge in [0, 0.05) is 26.7 Å². The lowest BCUT2D eigenvalue weighted by atomic mass is 10.1. The van der Waals surface area contributed by atoms with Crippen molar-refractivity contribution >= 4 is 27.7 Å². The van der Waals surface area contributed by atoms with Crippen molar-refractivity contribution in [1.82, 2.24) is 14.5 Å². The van der Waals surface area contributed by atoms with Crippen molar-refractivity contribution in [2.24, 2.45) is 0 Å². The van der Waals surface area contributed by atoms with Crippen LogP contribution >= 0.6 is 0 Å². The third kappa shape index (κ3) is 6.82. The molecule has 35 heavy (non-hydrogen) atoms. The van der Waals surface area contributed by atoms with Gasteiger partial charge < -0.3 is 10.2 Å². The van der Waals surface area contributed by atoms with E-state index in [1.165, 1.54) is 19.0 Å². The molecular formula is C26H36N4O4S. The number of nitrogens with one attached hydrogen (secondary N) is 1. The van der Waals surface area contributed by atoms with Crippen LogP contribution < -0.4 is 9.62 Å². The fraction of sp³-hybridized carbons (Fsp3) is 0.462. The van der Waals surface area contributed by atoms with Crippen LogP contribution in [0.3, 0.4) is 0 Å². The molecule has 1 N–H and O–H groups in total. The minimum absolute atomic E-state index is 0.125. The topological polar surface area (TPSA) is 90.0 Å². The van der Waals surface area contributed by atoms with Gasteiger partial charge in [-0.2, -0.15) is 12.7 Å². The lowest BCUT2D eigenvalue weighted by Crippen LogP contribution is -2.54. The Morgan fingerprint density at radius 1 is 0.971 bits per heavy atom. The Bertz CT molecular complexity index is 1070. The van der Waals surface area contributed by atoms with Crippen LogP contribution in [0.5, 0.6) is 0 Å². The zero-order valence-electron chi connectivity index (χ0n) is 20.8. The maximum Gasteiger partial charge on any atom is 0.304 e. The zero-order chi connectivity index (χ0) is 25.4. The molecule has 2 amide bonds. The molecule has 8 nitrogen and oxygen atoms in total. The Morgan fingerprint density at radius 2 is 1.54 bits per heavy atom. The van der Waals surface area contributed by atoms with E-state index < -0.39 is 28.7 Å². The molecule has 9 heteroatoms. The van der Waals surface area contributed by atoms with Gasteiger partial charge in [0.15, 0.2) is 0 Å². The summed E-state index contributed by atoms with van der Waals surface area (Å²) in [5.74, 6) is -0.623. The summed E-state index contributed by atoms with van der Waals surface area (Å²) in [7, 11) is -1.08. The van der Waals surface area contributed by atoms with Gasteiger partial charge in [-0.05, 0) is 37.0 Å². The van der Waals surface area contributed by atoms with Crippen LogP contribution in [0.15, 0.2) is 60.7 Å². The fourth-order valence-corrected chi connectivity index (χ4v) is 5.43. The third-order valence-electron chi connectivity index (χ3n) is 6.35. The summed E-state index contributed by atoms with van der Waals surface area (Å²) in [4.78, 5) is 28.6. The van der Waals surface area contributed by atoms with Crippen molar-refractivity contribution in [3.8, 4) is 0 Å². The van der Waals surface area contributed by atoms with Crippen molar-refractivity contribution in [1.29, 1.82) is 0 Å². The molecule has 190 valence electrons. The molecule has 0 bridgehead atoms. The Hall–Kier alpha value is -2.91. The maximum absolute atomic E-state index is 13.8.